The molecule has 0 spiro atoms. The predicted molar refractivity (Wildman–Crippen MR) is 54.0 cm³/mol. The molecule has 0 aliphatic heterocycles. The Morgan fingerprint density at radius 2 is 2.07 bits per heavy atom. The summed E-state index contributed by atoms with van der Waals surface area (Å²) in [6.45, 7) is 1.16. The number of esters is 1. The molecule has 15 heavy (non-hydrogen) atoms. The van der Waals surface area contributed by atoms with Gasteiger partial charge in [0.05, 0.1) is 12.7 Å². The van der Waals surface area contributed by atoms with Gasteiger partial charge < -0.3 is 9.47 Å². The second-order valence-corrected chi connectivity index (χ2v) is 3.01. The number of carbonyl (C=O) groups is 2. The highest BCUT2D eigenvalue weighted by molar-refractivity contribution is 5.91. The number of rotatable bonds is 4. The molecule has 0 N–H and O–H groups in total. The van der Waals surface area contributed by atoms with E-state index in [1.165, 1.54) is 14.0 Å². The van der Waals surface area contributed by atoms with Gasteiger partial charge in [-0.25, -0.2) is 4.79 Å². The second kappa shape index (κ2) is 5.14. The molecule has 0 amide bonds. The summed E-state index contributed by atoms with van der Waals surface area (Å²) >= 11 is 0. The molecule has 0 radical (unpaired) electrons. The summed E-state index contributed by atoms with van der Waals surface area (Å²) in [5.41, 5.74) is 0.371. The summed E-state index contributed by atoms with van der Waals surface area (Å²) in [7, 11) is 1.51. The molecule has 0 aliphatic carbocycles. The molecule has 80 valence electrons. The Kier molecular flexibility index (Phi) is 3.85. The van der Waals surface area contributed by atoms with Crippen LogP contribution >= 0.6 is 0 Å². The van der Waals surface area contributed by atoms with Crippen molar-refractivity contribution in [3.63, 3.8) is 0 Å². The third-order valence-corrected chi connectivity index (χ3v) is 1.71. The Bertz CT molecular complexity index is 371. The minimum Gasteiger partial charge on any atom is -0.497 e. The van der Waals surface area contributed by atoms with Crippen molar-refractivity contribution in [1.82, 2.24) is 0 Å². The van der Waals surface area contributed by atoms with Crippen LogP contribution < -0.4 is 4.74 Å². The fourth-order valence-corrected chi connectivity index (χ4v) is 1.00. The molecule has 0 aromatic heterocycles. The first-order valence-electron chi connectivity index (χ1n) is 4.44. The lowest BCUT2D eigenvalue weighted by Crippen LogP contribution is -2.11. The van der Waals surface area contributed by atoms with Crippen LogP contribution in [0, 0.1) is 0 Å². The number of ether oxygens (including phenoxy) is 2. The van der Waals surface area contributed by atoms with Crippen molar-refractivity contribution in [2.24, 2.45) is 0 Å². The standard InChI is InChI=1S/C11H12O4/c1-8(12)7-15-11(13)9-4-3-5-10(6-9)14-2/h3-6H,7H2,1-2H3. The van der Waals surface area contributed by atoms with Gasteiger partial charge in [0.2, 0.25) is 0 Å². The van der Waals surface area contributed by atoms with Gasteiger partial charge in [0.25, 0.3) is 0 Å². The van der Waals surface area contributed by atoms with E-state index >= 15 is 0 Å². The summed E-state index contributed by atoms with van der Waals surface area (Å²) in [4.78, 5) is 22.0. The summed E-state index contributed by atoms with van der Waals surface area (Å²) in [6, 6.07) is 6.57. The Balaban J connectivity index is 2.69. The second-order valence-electron chi connectivity index (χ2n) is 3.01. The fourth-order valence-electron chi connectivity index (χ4n) is 1.00. The van der Waals surface area contributed by atoms with Crippen molar-refractivity contribution >= 4 is 11.8 Å². The fraction of sp³-hybridized carbons (Fsp3) is 0.273. The van der Waals surface area contributed by atoms with Crippen LogP contribution in [0.4, 0.5) is 0 Å². The van der Waals surface area contributed by atoms with Crippen LogP contribution in [0.3, 0.4) is 0 Å². The average Bonchev–Trinajstić information content (AvgIpc) is 2.26. The van der Waals surface area contributed by atoms with E-state index in [-0.39, 0.29) is 12.4 Å². The highest BCUT2D eigenvalue weighted by Gasteiger charge is 2.08. The number of Topliss-reactive ketones (excluding diaryl/α,β-unsaturated/α-hetero) is 1. The van der Waals surface area contributed by atoms with Crippen LogP contribution in [0.1, 0.15) is 17.3 Å². The molecule has 0 atom stereocenters. The van der Waals surface area contributed by atoms with E-state index in [9.17, 15) is 9.59 Å². The van der Waals surface area contributed by atoms with Gasteiger partial charge in [-0.15, -0.1) is 0 Å². The van der Waals surface area contributed by atoms with Gasteiger partial charge in [-0.2, -0.15) is 0 Å². The molecule has 0 bridgehead atoms. The van der Waals surface area contributed by atoms with Crippen LogP contribution in [0.5, 0.6) is 5.75 Å². The van der Waals surface area contributed by atoms with Crippen LogP contribution in [0.25, 0.3) is 0 Å². The Hall–Kier alpha value is -1.84. The third-order valence-electron chi connectivity index (χ3n) is 1.71. The van der Waals surface area contributed by atoms with Crippen LogP contribution in [0.15, 0.2) is 24.3 Å². The van der Waals surface area contributed by atoms with Gasteiger partial charge in [0.1, 0.15) is 12.4 Å². The number of hydrogen-bond acceptors (Lipinski definition) is 4. The number of carbonyl (C=O) groups excluding carboxylic acids is 2. The van der Waals surface area contributed by atoms with Gasteiger partial charge in [-0.3, -0.25) is 4.79 Å². The van der Waals surface area contributed by atoms with Crippen molar-refractivity contribution in [2.75, 3.05) is 13.7 Å². The Morgan fingerprint density at radius 1 is 1.33 bits per heavy atom. The SMILES string of the molecule is COc1cccc(C(=O)OCC(C)=O)c1. The van der Waals surface area contributed by atoms with E-state index in [1.807, 2.05) is 0 Å². The zero-order chi connectivity index (χ0) is 11.3. The lowest BCUT2D eigenvalue weighted by molar-refractivity contribution is -0.120. The summed E-state index contributed by atoms with van der Waals surface area (Å²) in [5, 5.41) is 0. The van der Waals surface area contributed by atoms with Gasteiger partial charge in [-0.1, -0.05) is 6.07 Å². The molecule has 0 unspecified atom stereocenters. The van der Waals surface area contributed by atoms with Crippen LogP contribution in [0.2, 0.25) is 0 Å². The highest BCUT2D eigenvalue weighted by Crippen LogP contribution is 2.13. The lowest BCUT2D eigenvalue weighted by atomic mass is 10.2. The topological polar surface area (TPSA) is 52.6 Å². The van der Waals surface area contributed by atoms with Crippen LogP contribution in [-0.2, 0) is 9.53 Å². The minimum atomic E-state index is -0.524. The normalized spacial score (nSPS) is 9.47. The first kappa shape index (κ1) is 11.2. The summed E-state index contributed by atoms with van der Waals surface area (Å²) in [5.74, 6) is -0.136. The quantitative estimate of drug-likeness (QED) is 0.702. The highest BCUT2D eigenvalue weighted by atomic mass is 16.5. The number of methoxy groups -OCH3 is 1. The number of hydrogen-bond donors (Lipinski definition) is 0. The zero-order valence-corrected chi connectivity index (χ0v) is 8.65. The van der Waals surface area contributed by atoms with Gasteiger partial charge in [-0.05, 0) is 25.1 Å². The van der Waals surface area contributed by atoms with E-state index < -0.39 is 5.97 Å². The monoisotopic (exact) mass is 208 g/mol. The molecule has 4 nitrogen and oxygen atoms in total. The van der Waals surface area contributed by atoms with E-state index in [2.05, 4.69) is 0 Å². The molecule has 1 rings (SSSR count). The molecule has 0 heterocycles. The summed E-state index contributed by atoms with van der Waals surface area (Å²) in [6.07, 6.45) is 0. The van der Waals surface area contributed by atoms with Crippen molar-refractivity contribution in [2.45, 2.75) is 6.92 Å². The van der Waals surface area contributed by atoms with Crippen molar-refractivity contribution in [3.8, 4) is 5.75 Å². The number of benzene rings is 1. The van der Waals surface area contributed by atoms with Crippen molar-refractivity contribution in [3.05, 3.63) is 29.8 Å². The maximum absolute atomic E-state index is 11.4. The van der Waals surface area contributed by atoms with Crippen LogP contribution in [-0.4, -0.2) is 25.5 Å². The molecule has 0 aliphatic rings. The van der Waals surface area contributed by atoms with Gasteiger partial charge in [0, 0.05) is 0 Å². The third kappa shape index (κ3) is 3.42. The average molecular weight is 208 g/mol. The molecule has 0 saturated carbocycles. The number of ketones is 1. The van der Waals surface area contributed by atoms with Gasteiger partial charge >= 0.3 is 5.97 Å². The van der Waals surface area contributed by atoms with E-state index in [0.29, 0.717) is 11.3 Å². The molecular formula is C11H12O4. The largest absolute Gasteiger partial charge is 0.497 e. The predicted octanol–water partition coefficient (Wildman–Crippen LogP) is 1.44. The molecule has 4 heteroatoms. The summed E-state index contributed by atoms with van der Waals surface area (Å²) < 4.78 is 9.70. The Morgan fingerprint density at radius 3 is 2.67 bits per heavy atom. The molecule has 0 saturated heterocycles. The molecule has 0 fully saturated rings. The first-order valence-corrected chi connectivity index (χ1v) is 4.44. The smallest absolute Gasteiger partial charge is 0.338 e. The van der Waals surface area contributed by atoms with Gasteiger partial charge in [0.15, 0.2) is 5.78 Å². The minimum absolute atomic E-state index is 0.189. The molecule has 1 aromatic rings. The zero-order valence-electron chi connectivity index (χ0n) is 8.65. The van der Waals surface area contributed by atoms with E-state index in [4.69, 9.17) is 9.47 Å². The molecule has 1 aromatic carbocycles. The van der Waals surface area contributed by atoms with E-state index in [0.717, 1.165) is 0 Å². The Labute approximate surface area is 87.8 Å². The maximum atomic E-state index is 11.4. The van der Waals surface area contributed by atoms with E-state index in [1.54, 1.807) is 24.3 Å². The molecular weight excluding hydrogens is 196 g/mol. The first-order chi connectivity index (χ1) is 7.13. The lowest BCUT2D eigenvalue weighted by Gasteiger charge is -2.04. The van der Waals surface area contributed by atoms with Crippen molar-refractivity contribution < 1.29 is 19.1 Å². The maximum Gasteiger partial charge on any atom is 0.338 e. The van der Waals surface area contributed by atoms with Crippen molar-refractivity contribution in [1.29, 1.82) is 0 Å².